The van der Waals surface area contributed by atoms with Crippen molar-refractivity contribution in [1.29, 1.82) is 0 Å². The maximum atomic E-state index is 5.62. The van der Waals surface area contributed by atoms with Gasteiger partial charge >= 0.3 is 0 Å². The molecule has 0 bridgehead atoms. The lowest BCUT2D eigenvalue weighted by Crippen LogP contribution is -1.98. The molecule has 2 aromatic heterocycles. The van der Waals surface area contributed by atoms with E-state index in [1.165, 1.54) is 0 Å². The van der Waals surface area contributed by atoms with Gasteiger partial charge in [-0.3, -0.25) is 0 Å². The Labute approximate surface area is 109 Å². The average Bonchev–Trinajstić information content (AvgIpc) is 2.79. The van der Waals surface area contributed by atoms with Gasteiger partial charge < -0.3 is 10.5 Å². The Balaban J connectivity index is 2.15. The number of nitrogens with zero attached hydrogens (tertiary/aromatic N) is 4. The second-order valence-corrected chi connectivity index (χ2v) is 3.97. The van der Waals surface area contributed by atoms with E-state index in [9.17, 15) is 0 Å². The first-order valence-electron chi connectivity index (χ1n) is 5.98. The molecule has 0 saturated carbocycles. The summed E-state index contributed by atoms with van der Waals surface area (Å²) in [7, 11) is 0. The molecule has 1 aromatic carbocycles. The molecule has 6 heteroatoms. The van der Waals surface area contributed by atoms with E-state index in [1.54, 1.807) is 16.8 Å². The Kier molecular flexibility index (Phi) is 2.75. The summed E-state index contributed by atoms with van der Waals surface area (Å²) < 4.78 is 7.11. The fourth-order valence-electron chi connectivity index (χ4n) is 1.92. The van der Waals surface area contributed by atoms with Crippen LogP contribution in [-0.2, 0) is 0 Å². The first-order chi connectivity index (χ1) is 9.28. The fraction of sp³-hybridized carbons (Fsp3) is 0.154. The number of ether oxygens (including phenoxy) is 1. The molecule has 0 radical (unpaired) electrons. The third kappa shape index (κ3) is 2.08. The van der Waals surface area contributed by atoms with Gasteiger partial charge in [-0.25, -0.2) is 4.98 Å². The number of nitrogen functional groups attached to an aromatic ring is 1. The van der Waals surface area contributed by atoms with E-state index >= 15 is 0 Å². The molecule has 0 atom stereocenters. The molecule has 0 aliphatic carbocycles. The number of rotatable bonds is 3. The van der Waals surface area contributed by atoms with Crippen molar-refractivity contribution in [2.24, 2.45) is 0 Å². The van der Waals surface area contributed by atoms with Crippen LogP contribution in [0.2, 0.25) is 0 Å². The van der Waals surface area contributed by atoms with Gasteiger partial charge in [0, 0.05) is 17.8 Å². The number of hydrogen-bond donors (Lipinski definition) is 1. The average molecular weight is 255 g/mol. The molecule has 0 spiro atoms. The van der Waals surface area contributed by atoms with Gasteiger partial charge in [0.2, 0.25) is 5.95 Å². The van der Waals surface area contributed by atoms with Crippen LogP contribution in [0.25, 0.3) is 17.0 Å². The number of anilines is 1. The number of nitrogens with two attached hydrogens (primary N) is 1. The summed E-state index contributed by atoms with van der Waals surface area (Å²) in [5.74, 6) is 1.71. The third-order valence-corrected chi connectivity index (χ3v) is 2.67. The molecule has 0 amide bonds. The van der Waals surface area contributed by atoms with Crippen molar-refractivity contribution in [1.82, 2.24) is 19.6 Å². The summed E-state index contributed by atoms with van der Waals surface area (Å²) in [5.41, 5.74) is 7.19. The van der Waals surface area contributed by atoms with E-state index in [-0.39, 0.29) is 5.95 Å². The molecule has 0 saturated heterocycles. The highest BCUT2D eigenvalue weighted by Gasteiger charge is 2.09. The van der Waals surface area contributed by atoms with E-state index in [0.717, 1.165) is 11.3 Å². The molecule has 2 heterocycles. The summed E-state index contributed by atoms with van der Waals surface area (Å²) in [6, 6.07) is 9.45. The zero-order valence-corrected chi connectivity index (χ0v) is 10.4. The molecule has 0 fully saturated rings. The standard InChI is InChI=1S/C13H13N5O/c1-2-19-10-5-3-4-9(8-10)12-15-7-6-11-16-13(14)17-18(11)12/h3-8H,2H2,1H3,(H2,14,17). The molecule has 3 rings (SSSR count). The van der Waals surface area contributed by atoms with Crippen molar-refractivity contribution in [3.63, 3.8) is 0 Å². The topological polar surface area (TPSA) is 78.3 Å². The Hall–Kier alpha value is -2.63. The van der Waals surface area contributed by atoms with Crippen molar-refractivity contribution >= 4 is 11.6 Å². The lowest BCUT2D eigenvalue weighted by atomic mass is 10.2. The molecule has 0 aliphatic rings. The highest BCUT2D eigenvalue weighted by molar-refractivity contribution is 5.61. The second-order valence-electron chi connectivity index (χ2n) is 3.97. The van der Waals surface area contributed by atoms with E-state index in [2.05, 4.69) is 15.1 Å². The third-order valence-electron chi connectivity index (χ3n) is 2.67. The van der Waals surface area contributed by atoms with Crippen molar-refractivity contribution in [2.45, 2.75) is 6.92 Å². The normalized spacial score (nSPS) is 10.8. The Morgan fingerprint density at radius 2 is 2.21 bits per heavy atom. The SMILES string of the molecule is CCOc1cccc(-c2nccc3nc(N)nn23)c1. The molecule has 2 N–H and O–H groups in total. The van der Waals surface area contributed by atoms with E-state index in [4.69, 9.17) is 10.5 Å². The lowest BCUT2D eigenvalue weighted by molar-refractivity contribution is 0.340. The molecule has 96 valence electrons. The van der Waals surface area contributed by atoms with Crippen LogP contribution < -0.4 is 10.5 Å². The number of hydrogen-bond acceptors (Lipinski definition) is 5. The maximum Gasteiger partial charge on any atom is 0.240 e. The van der Waals surface area contributed by atoms with E-state index < -0.39 is 0 Å². The molecule has 6 nitrogen and oxygen atoms in total. The first-order valence-corrected chi connectivity index (χ1v) is 5.98. The summed E-state index contributed by atoms with van der Waals surface area (Å²) in [6.45, 7) is 2.57. The minimum Gasteiger partial charge on any atom is -0.494 e. The molecule has 3 aromatic rings. The quantitative estimate of drug-likeness (QED) is 0.771. The van der Waals surface area contributed by atoms with Crippen LogP contribution >= 0.6 is 0 Å². The molecule has 19 heavy (non-hydrogen) atoms. The van der Waals surface area contributed by atoms with Crippen molar-refractivity contribution in [3.8, 4) is 17.1 Å². The fourth-order valence-corrected chi connectivity index (χ4v) is 1.92. The van der Waals surface area contributed by atoms with Gasteiger partial charge in [0.25, 0.3) is 0 Å². The molecule has 0 aliphatic heterocycles. The number of benzene rings is 1. The second kappa shape index (κ2) is 4.56. The first kappa shape index (κ1) is 11.5. The lowest BCUT2D eigenvalue weighted by Gasteiger charge is -2.06. The van der Waals surface area contributed by atoms with Crippen LogP contribution in [-0.4, -0.2) is 26.2 Å². The van der Waals surface area contributed by atoms with E-state index in [0.29, 0.717) is 18.1 Å². The maximum absolute atomic E-state index is 5.62. The van der Waals surface area contributed by atoms with Crippen LogP contribution in [0.4, 0.5) is 5.95 Å². The van der Waals surface area contributed by atoms with Crippen molar-refractivity contribution in [2.75, 3.05) is 12.3 Å². The Morgan fingerprint density at radius 1 is 1.32 bits per heavy atom. The zero-order valence-electron chi connectivity index (χ0n) is 10.4. The summed E-state index contributed by atoms with van der Waals surface area (Å²) >= 11 is 0. The zero-order chi connectivity index (χ0) is 13.2. The monoisotopic (exact) mass is 255 g/mol. The van der Waals surface area contributed by atoms with Gasteiger partial charge in [0.05, 0.1) is 6.61 Å². The highest BCUT2D eigenvalue weighted by atomic mass is 16.5. The van der Waals surface area contributed by atoms with Gasteiger partial charge in [0.15, 0.2) is 11.5 Å². The van der Waals surface area contributed by atoms with Crippen molar-refractivity contribution < 1.29 is 4.74 Å². The molecular weight excluding hydrogens is 242 g/mol. The number of aromatic nitrogens is 4. The van der Waals surface area contributed by atoms with E-state index in [1.807, 2.05) is 31.2 Å². The van der Waals surface area contributed by atoms with Crippen molar-refractivity contribution in [3.05, 3.63) is 36.5 Å². The largest absolute Gasteiger partial charge is 0.494 e. The number of fused-ring (bicyclic) bond motifs is 1. The van der Waals surface area contributed by atoms with Crippen LogP contribution in [0.3, 0.4) is 0 Å². The summed E-state index contributed by atoms with van der Waals surface area (Å²) in [4.78, 5) is 8.46. The molecule has 0 unspecified atom stereocenters. The van der Waals surface area contributed by atoms with Crippen LogP contribution in [0, 0.1) is 0 Å². The predicted octanol–water partition coefficient (Wildman–Crippen LogP) is 1.77. The molecular formula is C13H13N5O. The van der Waals surface area contributed by atoms with Crippen LogP contribution in [0.1, 0.15) is 6.92 Å². The predicted molar refractivity (Wildman–Crippen MR) is 71.8 cm³/mol. The Bertz CT molecular complexity index is 722. The Morgan fingerprint density at radius 3 is 3.05 bits per heavy atom. The van der Waals surface area contributed by atoms with Gasteiger partial charge in [0.1, 0.15) is 5.75 Å². The smallest absolute Gasteiger partial charge is 0.240 e. The minimum atomic E-state index is 0.232. The van der Waals surface area contributed by atoms with Crippen LogP contribution in [0.5, 0.6) is 5.75 Å². The van der Waals surface area contributed by atoms with Gasteiger partial charge in [-0.05, 0) is 19.1 Å². The van der Waals surface area contributed by atoms with Gasteiger partial charge in [-0.2, -0.15) is 9.50 Å². The highest BCUT2D eigenvalue weighted by Crippen LogP contribution is 2.22. The van der Waals surface area contributed by atoms with Crippen LogP contribution in [0.15, 0.2) is 36.5 Å². The van der Waals surface area contributed by atoms with Gasteiger partial charge in [-0.15, -0.1) is 5.10 Å². The minimum absolute atomic E-state index is 0.232. The summed E-state index contributed by atoms with van der Waals surface area (Å²) in [5, 5.41) is 4.15. The summed E-state index contributed by atoms with van der Waals surface area (Å²) in [6.07, 6.45) is 1.69. The van der Waals surface area contributed by atoms with Gasteiger partial charge in [-0.1, -0.05) is 12.1 Å².